The van der Waals surface area contributed by atoms with E-state index in [9.17, 15) is 9.59 Å². The fourth-order valence-corrected chi connectivity index (χ4v) is 6.26. The van der Waals surface area contributed by atoms with Gasteiger partial charge in [0.2, 0.25) is 6.79 Å². The van der Waals surface area contributed by atoms with Gasteiger partial charge < -0.3 is 19.2 Å². The topological polar surface area (TPSA) is 102 Å². The number of fused-ring (bicyclic) bond motifs is 2. The molecule has 0 saturated carbocycles. The van der Waals surface area contributed by atoms with E-state index in [0.717, 1.165) is 5.39 Å². The van der Waals surface area contributed by atoms with E-state index >= 15 is 0 Å². The molecule has 2 N–H and O–H groups in total. The molecule has 2 heterocycles. The molecule has 1 aromatic heterocycles. The quantitative estimate of drug-likeness (QED) is 0.0792. The molecule has 42 heavy (non-hydrogen) atoms. The Morgan fingerprint density at radius 2 is 1.74 bits per heavy atom. The number of H-pyrrole nitrogens is 1. The first-order valence-corrected chi connectivity index (χ1v) is 14.6. The lowest BCUT2D eigenvalue weighted by Crippen LogP contribution is -2.19. The van der Waals surface area contributed by atoms with Gasteiger partial charge in [0.15, 0.2) is 17.2 Å². The van der Waals surface area contributed by atoms with Crippen molar-refractivity contribution in [3.05, 3.63) is 109 Å². The monoisotopic (exact) mass is 727 g/mol. The molecule has 0 aliphatic carbocycles. The molecule has 1 amide bonds. The summed E-state index contributed by atoms with van der Waals surface area (Å²) in [6.07, 6.45) is 1.38. The van der Waals surface area contributed by atoms with Crippen molar-refractivity contribution in [2.75, 3.05) is 6.79 Å². The van der Waals surface area contributed by atoms with Crippen LogP contribution in [0, 0.1) is 0 Å². The molecule has 8 nitrogen and oxygen atoms in total. The number of aromatic amines is 1. The van der Waals surface area contributed by atoms with Gasteiger partial charge >= 0.3 is 5.97 Å². The number of carbonyl (C=O) groups excluding carboxylic acids is 2. The number of nitrogens with one attached hydrogen (secondary N) is 2. The zero-order chi connectivity index (χ0) is 29.4. The molecular weight excluding hydrogens is 713 g/mol. The molecule has 210 valence electrons. The van der Waals surface area contributed by atoms with Gasteiger partial charge in [-0.15, -0.1) is 0 Å². The largest absolute Gasteiger partial charge is 0.454 e. The number of rotatable bonds is 6. The van der Waals surface area contributed by atoms with Crippen LogP contribution in [0.25, 0.3) is 22.0 Å². The van der Waals surface area contributed by atoms with Gasteiger partial charge in [-0.1, -0.05) is 69.5 Å². The van der Waals surface area contributed by atoms with Crippen molar-refractivity contribution < 1.29 is 23.8 Å². The molecule has 1 aliphatic heterocycles. The molecule has 0 spiro atoms. The van der Waals surface area contributed by atoms with E-state index < -0.39 is 11.9 Å². The number of carbonyl (C=O) groups is 2. The second-order valence-corrected chi connectivity index (χ2v) is 11.6. The van der Waals surface area contributed by atoms with Crippen molar-refractivity contribution in [1.82, 2.24) is 10.4 Å². The first-order valence-electron chi connectivity index (χ1n) is 12.3. The average molecular weight is 730 g/mol. The van der Waals surface area contributed by atoms with Crippen LogP contribution in [0.2, 0.25) is 10.0 Å². The molecule has 0 saturated heterocycles. The lowest BCUT2D eigenvalue weighted by atomic mass is 10.0. The maximum absolute atomic E-state index is 13.4. The van der Waals surface area contributed by atoms with Crippen molar-refractivity contribution in [3.8, 4) is 28.4 Å². The van der Waals surface area contributed by atoms with Gasteiger partial charge in [0.1, 0.15) is 5.69 Å². The van der Waals surface area contributed by atoms with Crippen LogP contribution < -0.4 is 19.6 Å². The van der Waals surface area contributed by atoms with Gasteiger partial charge in [-0.05, 0) is 58.4 Å². The third-order valence-electron chi connectivity index (χ3n) is 6.36. The molecule has 5 aromatic rings. The minimum absolute atomic E-state index is 0.0872. The summed E-state index contributed by atoms with van der Waals surface area (Å²) in [5.74, 6) is 0.0665. The average Bonchev–Trinajstić information content (AvgIpc) is 3.60. The summed E-state index contributed by atoms with van der Waals surface area (Å²) in [4.78, 5) is 29.5. The molecule has 1 aliphatic rings. The lowest BCUT2D eigenvalue weighted by molar-refractivity contribution is 0.0732. The summed E-state index contributed by atoms with van der Waals surface area (Å²) < 4.78 is 17.6. The Kier molecular flexibility index (Phi) is 7.96. The summed E-state index contributed by atoms with van der Waals surface area (Å²) in [7, 11) is 0. The summed E-state index contributed by atoms with van der Waals surface area (Å²) in [5, 5.41) is 5.82. The van der Waals surface area contributed by atoms with Crippen LogP contribution in [0.15, 0.2) is 86.8 Å². The number of benzene rings is 4. The summed E-state index contributed by atoms with van der Waals surface area (Å²) >= 11 is 19.8. The number of amides is 1. The Morgan fingerprint density at radius 3 is 2.57 bits per heavy atom. The van der Waals surface area contributed by atoms with E-state index in [0.29, 0.717) is 52.7 Å². The van der Waals surface area contributed by atoms with E-state index in [1.807, 2.05) is 24.3 Å². The number of halogens is 4. The first kappa shape index (κ1) is 28.3. The number of nitrogens with zero attached hydrogens (tertiary/aromatic N) is 1. The Balaban J connectivity index is 1.29. The highest BCUT2D eigenvalue weighted by Gasteiger charge is 2.23. The number of hydrogen-bond acceptors (Lipinski definition) is 6. The molecule has 0 unspecified atom stereocenters. The molecule has 0 atom stereocenters. The van der Waals surface area contributed by atoms with E-state index in [4.69, 9.17) is 37.4 Å². The standard InChI is InChI=1S/C30H17Br2Cl2N3O5/c31-17-10-16(28(20(32)12-17)42-30(39)15-8-9-23-24(11-15)41-14-40-23)13-35-37-29(38)27-25(18-4-1-2-6-21(18)33)19-5-3-7-22(34)26(19)36-27/h1-13,36H,14H2,(H,37,38). The number of ether oxygens (including phenoxy) is 3. The highest BCUT2D eigenvalue weighted by Crippen LogP contribution is 2.39. The fourth-order valence-electron chi connectivity index (χ4n) is 4.47. The number of hydrogen-bond donors (Lipinski definition) is 2. The predicted octanol–water partition coefficient (Wildman–Crippen LogP) is 8.38. The minimum Gasteiger partial charge on any atom is -0.454 e. The predicted molar refractivity (Wildman–Crippen MR) is 168 cm³/mol. The zero-order valence-corrected chi connectivity index (χ0v) is 25.9. The number of hydrazone groups is 1. The van der Waals surface area contributed by atoms with Gasteiger partial charge in [0.25, 0.3) is 5.91 Å². The highest BCUT2D eigenvalue weighted by atomic mass is 79.9. The number of aromatic nitrogens is 1. The second-order valence-electron chi connectivity index (χ2n) is 8.98. The van der Waals surface area contributed by atoms with Crippen LogP contribution in [-0.2, 0) is 0 Å². The molecule has 0 fully saturated rings. The SMILES string of the molecule is O=C(Oc1c(Br)cc(Br)cc1C=NNC(=O)c1[nH]c2c(Cl)cccc2c1-c1ccccc1Cl)c1ccc2c(c1)OCO2. The number of para-hydroxylation sites is 1. The molecule has 12 heteroatoms. The molecule has 4 aromatic carbocycles. The van der Waals surface area contributed by atoms with Crippen LogP contribution in [0.3, 0.4) is 0 Å². The third-order valence-corrected chi connectivity index (χ3v) is 8.05. The smallest absolute Gasteiger partial charge is 0.343 e. The molecule has 0 bridgehead atoms. The van der Waals surface area contributed by atoms with E-state index in [1.165, 1.54) is 6.21 Å². The van der Waals surface area contributed by atoms with Crippen LogP contribution in [0.1, 0.15) is 26.4 Å². The Bertz CT molecular complexity index is 1930. The van der Waals surface area contributed by atoms with Crippen molar-refractivity contribution >= 4 is 84.1 Å². The minimum atomic E-state index is -0.616. The maximum Gasteiger partial charge on any atom is 0.343 e. The summed E-state index contributed by atoms with van der Waals surface area (Å²) in [5.41, 5.74) is 5.31. The summed E-state index contributed by atoms with van der Waals surface area (Å²) in [6, 6.07) is 20.8. The van der Waals surface area contributed by atoms with Crippen LogP contribution in [0.5, 0.6) is 17.2 Å². The Labute approximate surface area is 265 Å². The highest BCUT2D eigenvalue weighted by molar-refractivity contribution is 9.11. The van der Waals surface area contributed by atoms with Crippen molar-refractivity contribution in [1.29, 1.82) is 0 Å². The molecular formula is C30H17Br2Cl2N3O5. The van der Waals surface area contributed by atoms with E-state index in [-0.39, 0.29) is 23.8 Å². The Morgan fingerprint density at radius 1 is 0.952 bits per heavy atom. The maximum atomic E-state index is 13.4. The van der Waals surface area contributed by atoms with Gasteiger partial charge in [0, 0.05) is 31.6 Å². The number of esters is 1. The van der Waals surface area contributed by atoms with Gasteiger partial charge in [-0.25, -0.2) is 10.2 Å². The van der Waals surface area contributed by atoms with Crippen molar-refractivity contribution in [2.45, 2.75) is 0 Å². The lowest BCUT2D eigenvalue weighted by Gasteiger charge is -2.11. The Hall–Kier alpha value is -3.83. The van der Waals surface area contributed by atoms with Crippen LogP contribution in [-0.4, -0.2) is 29.9 Å². The van der Waals surface area contributed by atoms with Gasteiger partial charge in [0.05, 0.1) is 26.8 Å². The third kappa shape index (κ3) is 5.50. The van der Waals surface area contributed by atoms with Gasteiger partial charge in [-0.3, -0.25) is 4.79 Å². The summed E-state index contributed by atoms with van der Waals surface area (Å²) in [6.45, 7) is 0.0872. The van der Waals surface area contributed by atoms with Gasteiger partial charge in [-0.2, -0.15) is 5.10 Å². The first-order chi connectivity index (χ1) is 20.3. The van der Waals surface area contributed by atoms with Crippen LogP contribution >= 0.6 is 55.1 Å². The van der Waals surface area contributed by atoms with E-state index in [1.54, 1.807) is 48.5 Å². The fraction of sp³-hybridized carbons (Fsp3) is 0.0333. The van der Waals surface area contributed by atoms with Crippen molar-refractivity contribution in [2.24, 2.45) is 5.10 Å². The second kappa shape index (κ2) is 11.8. The zero-order valence-electron chi connectivity index (χ0n) is 21.2. The molecule has 6 rings (SSSR count). The normalized spacial score (nSPS) is 12.2. The van der Waals surface area contributed by atoms with Crippen molar-refractivity contribution in [3.63, 3.8) is 0 Å². The molecule has 0 radical (unpaired) electrons. The van der Waals surface area contributed by atoms with E-state index in [2.05, 4.69) is 47.4 Å². The van der Waals surface area contributed by atoms with Crippen LogP contribution in [0.4, 0.5) is 0 Å².